The normalized spacial score (nSPS) is 10.8. The summed E-state index contributed by atoms with van der Waals surface area (Å²) < 4.78 is 35.6. The van der Waals surface area contributed by atoms with E-state index in [1.807, 2.05) is 30.3 Å². The molecule has 1 heterocycles. The fourth-order valence-corrected chi connectivity index (χ4v) is 3.49. The number of anilines is 1. The Hall–Kier alpha value is -2.33. The van der Waals surface area contributed by atoms with Crippen molar-refractivity contribution in [1.82, 2.24) is 4.98 Å². The molecule has 10 heteroatoms. The molecule has 0 radical (unpaired) electrons. The van der Waals surface area contributed by atoms with Crippen LogP contribution in [0.2, 0.25) is 0 Å². The molecule has 0 amide bonds. The first-order chi connectivity index (χ1) is 13.8. The van der Waals surface area contributed by atoms with E-state index in [4.69, 9.17) is 14.3 Å². The first-order valence-electron chi connectivity index (χ1n) is 8.75. The van der Waals surface area contributed by atoms with Gasteiger partial charge in [0.1, 0.15) is 18.6 Å². The first-order valence-corrected chi connectivity index (χ1v) is 10.6. The second-order valence-electron chi connectivity index (χ2n) is 6.27. The molecule has 0 atom stereocenters. The number of ether oxygens (including phenoxy) is 1. The summed E-state index contributed by atoms with van der Waals surface area (Å²) in [5.41, 5.74) is 1.91. The van der Waals surface area contributed by atoms with Crippen molar-refractivity contribution < 1.29 is 58.5 Å². The van der Waals surface area contributed by atoms with Crippen molar-refractivity contribution in [1.29, 1.82) is 0 Å². The van der Waals surface area contributed by atoms with E-state index in [0.29, 0.717) is 24.7 Å². The Labute approximate surface area is 198 Å². The molecule has 0 unspecified atom stereocenters. The summed E-state index contributed by atoms with van der Waals surface area (Å²) >= 11 is 0. The van der Waals surface area contributed by atoms with Crippen LogP contribution in [0.1, 0.15) is 7.12 Å². The number of carboxylic acids is 1. The van der Waals surface area contributed by atoms with Crippen LogP contribution in [0.5, 0.6) is 5.75 Å². The van der Waals surface area contributed by atoms with Gasteiger partial charge >= 0.3 is 35.5 Å². The van der Waals surface area contributed by atoms with Crippen molar-refractivity contribution >= 4 is 21.7 Å². The van der Waals surface area contributed by atoms with Crippen LogP contribution in [0.4, 0.5) is 5.69 Å². The second kappa shape index (κ2) is 10.6. The van der Waals surface area contributed by atoms with Gasteiger partial charge in [0, 0.05) is 12.0 Å². The SMILES string of the molecule is CS(=O)(=O)N(CC(=O)O)c1ccc(OCCc2coc(-c3ccccc3)n2)cc1.[H-].[Na+]. The van der Waals surface area contributed by atoms with E-state index in [1.54, 1.807) is 18.4 Å². The minimum atomic E-state index is -3.71. The molecule has 0 spiro atoms. The molecule has 0 aliphatic heterocycles. The van der Waals surface area contributed by atoms with Crippen LogP contribution in [0.3, 0.4) is 0 Å². The third kappa shape index (κ3) is 6.60. The van der Waals surface area contributed by atoms with Crippen molar-refractivity contribution in [2.75, 3.05) is 23.7 Å². The molecule has 0 saturated heterocycles. The van der Waals surface area contributed by atoms with Gasteiger partial charge in [-0.25, -0.2) is 13.4 Å². The maximum atomic E-state index is 11.8. The number of sulfonamides is 1. The average molecular weight is 440 g/mol. The maximum absolute atomic E-state index is 11.8. The Morgan fingerprint density at radius 1 is 1.17 bits per heavy atom. The van der Waals surface area contributed by atoms with Crippen molar-refractivity contribution in [3.63, 3.8) is 0 Å². The number of rotatable bonds is 9. The average Bonchev–Trinajstić information content (AvgIpc) is 3.15. The van der Waals surface area contributed by atoms with Crippen LogP contribution in [-0.4, -0.2) is 43.9 Å². The number of carboxylic acid groups (broad SMARTS) is 1. The monoisotopic (exact) mass is 440 g/mol. The van der Waals surface area contributed by atoms with Crippen LogP contribution in [-0.2, 0) is 21.2 Å². The van der Waals surface area contributed by atoms with Crippen LogP contribution in [0.15, 0.2) is 65.3 Å². The second-order valence-corrected chi connectivity index (χ2v) is 8.17. The van der Waals surface area contributed by atoms with Gasteiger partial charge in [0.15, 0.2) is 0 Å². The molecule has 0 aliphatic rings. The molecule has 3 rings (SSSR count). The fourth-order valence-electron chi connectivity index (χ4n) is 2.64. The van der Waals surface area contributed by atoms with Gasteiger partial charge in [0.05, 0.1) is 24.2 Å². The maximum Gasteiger partial charge on any atom is 1.00 e. The molecule has 1 aromatic heterocycles. The van der Waals surface area contributed by atoms with E-state index >= 15 is 0 Å². The summed E-state index contributed by atoms with van der Waals surface area (Å²) in [4.78, 5) is 15.3. The molecule has 8 nitrogen and oxygen atoms in total. The molecule has 0 aliphatic carbocycles. The zero-order chi connectivity index (χ0) is 20.9. The molecule has 154 valence electrons. The zero-order valence-electron chi connectivity index (χ0n) is 17.7. The van der Waals surface area contributed by atoms with E-state index in [0.717, 1.165) is 21.8 Å². The van der Waals surface area contributed by atoms with Gasteiger partial charge in [0.2, 0.25) is 15.9 Å². The van der Waals surface area contributed by atoms with Crippen molar-refractivity contribution in [2.45, 2.75) is 6.42 Å². The third-order valence-corrected chi connectivity index (χ3v) is 5.14. The van der Waals surface area contributed by atoms with E-state index in [9.17, 15) is 13.2 Å². The van der Waals surface area contributed by atoms with Gasteiger partial charge in [-0.2, -0.15) is 0 Å². The molecular weight excluding hydrogens is 419 g/mol. The minimum absolute atomic E-state index is 0. The smallest absolute Gasteiger partial charge is 1.00 e. The van der Waals surface area contributed by atoms with E-state index in [1.165, 1.54) is 12.1 Å². The topological polar surface area (TPSA) is 110 Å². The number of hydrogen-bond acceptors (Lipinski definition) is 6. The van der Waals surface area contributed by atoms with Crippen LogP contribution < -0.4 is 38.6 Å². The van der Waals surface area contributed by atoms with E-state index < -0.39 is 22.5 Å². The number of oxazole rings is 1. The predicted octanol–water partition coefficient (Wildman–Crippen LogP) is -0.0698. The molecule has 0 fully saturated rings. The van der Waals surface area contributed by atoms with Gasteiger partial charge in [0.25, 0.3) is 0 Å². The standard InChI is InChI=1S/C20H20N2O6S.Na.H/c1-29(25,26)22(13-19(23)24)17-7-9-18(10-8-17)27-12-11-16-14-28-20(21-16)15-5-3-2-4-6-15;;/h2-10,14H,11-13H2,1H3,(H,23,24);;/q;+1;-1. The quantitative estimate of drug-likeness (QED) is 0.464. The number of benzene rings is 2. The molecule has 3 aromatic rings. The first kappa shape index (κ1) is 23.9. The summed E-state index contributed by atoms with van der Waals surface area (Å²) in [7, 11) is -3.71. The molecule has 1 N–H and O–H groups in total. The summed E-state index contributed by atoms with van der Waals surface area (Å²) in [5.74, 6) is -0.160. The van der Waals surface area contributed by atoms with Crippen LogP contribution in [0, 0.1) is 0 Å². The molecular formula is C20H21N2NaO6S. The number of aromatic nitrogens is 1. The van der Waals surface area contributed by atoms with E-state index in [2.05, 4.69) is 4.98 Å². The minimum Gasteiger partial charge on any atom is -1.00 e. The summed E-state index contributed by atoms with van der Waals surface area (Å²) in [6.45, 7) is -0.292. The van der Waals surface area contributed by atoms with E-state index in [-0.39, 0.29) is 36.7 Å². The number of hydrogen-bond donors (Lipinski definition) is 1. The van der Waals surface area contributed by atoms with Gasteiger partial charge in [-0.3, -0.25) is 9.10 Å². The Morgan fingerprint density at radius 2 is 1.83 bits per heavy atom. The summed E-state index contributed by atoms with van der Waals surface area (Å²) in [6.07, 6.45) is 3.08. The van der Waals surface area contributed by atoms with Crippen molar-refractivity contribution in [3.05, 3.63) is 66.6 Å². The summed E-state index contributed by atoms with van der Waals surface area (Å²) in [5, 5.41) is 8.92. The zero-order valence-corrected chi connectivity index (χ0v) is 19.5. The summed E-state index contributed by atoms with van der Waals surface area (Å²) in [6, 6.07) is 15.8. The Morgan fingerprint density at radius 3 is 2.43 bits per heavy atom. The van der Waals surface area contributed by atoms with Gasteiger partial charge in [-0.1, -0.05) is 18.2 Å². The fraction of sp³-hybridized carbons (Fsp3) is 0.200. The van der Waals surface area contributed by atoms with Crippen molar-refractivity contribution in [3.8, 4) is 17.2 Å². The van der Waals surface area contributed by atoms with Gasteiger partial charge in [-0.05, 0) is 36.4 Å². The number of aliphatic carboxylic acids is 1. The Bertz CT molecular complexity index is 1070. The third-order valence-electron chi connectivity index (χ3n) is 4.00. The van der Waals surface area contributed by atoms with Crippen molar-refractivity contribution in [2.24, 2.45) is 0 Å². The molecule has 2 aromatic carbocycles. The molecule has 30 heavy (non-hydrogen) atoms. The van der Waals surface area contributed by atoms with Gasteiger partial charge < -0.3 is 15.7 Å². The molecule has 0 bridgehead atoms. The van der Waals surface area contributed by atoms with Crippen LogP contribution in [0.25, 0.3) is 11.5 Å². The number of nitrogens with zero attached hydrogens (tertiary/aromatic N) is 2. The Balaban J connectivity index is 0.00000240. The Kier molecular flexibility index (Phi) is 8.48. The molecule has 0 saturated carbocycles. The predicted molar refractivity (Wildman–Crippen MR) is 109 cm³/mol. The largest absolute Gasteiger partial charge is 1.00 e. The van der Waals surface area contributed by atoms with Gasteiger partial charge in [-0.15, -0.1) is 0 Å². The number of carbonyl (C=O) groups is 1. The van der Waals surface area contributed by atoms with Crippen LogP contribution >= 0.6 is 0 Å².